The molecule has 0 aromatic heterocycles. The fourth-order valence-corrected chi connectivity index (χ4v) is 6.98. The van der Waals surface area contributed by atoms with Gasteiger partial charge in [-0.3, -0.25) is 0 Å². The van der Waals surface area contributed by atoms with Gasteiger partial charge in [0.25, 0.3) is 0 Å². The predicted molar refractivity (Wildman–Crippen MR) is 149 cm³/mol. The Morgan fingerprint density at radius 2 is 1.49 bits per heavy atom. The van der Waals surface area contributed by atoms with Gasteiger partial charge in [-0.05, 0) is 110 Å². The monoisotopic (exact) mass is 536 g/mol. The molecule has 39 heavy (non-hydrogen) atoms. The largest absolute Gasteiger partial charge is 0.478 e. The molecule has 0 amide bonds. The number of carbonyl (C=O) groups is 1. The molecule has 3 aromatic carbocycles. The number of halogens is 3. The lowest BCUT2D eigenvalue weighted by molar-refractivity contribution is -0.137. The third kappa shape index (κ3) is 6.07. The molecule has 2 bridgehead atoms. The summed E-state index contributed by atoms with van der Waals surface area (Å²) in [6, 6.07) is 16.4. The number of carboxylic acids is 1. The first kappa shape index (κ1) is 27.1. The molecular formula is C32H35F3N2O2. The lowest BCUT2D eigenvalue weighted by Crippen LogP contribution is -2.38. The Morgan fingerprint density at radius 1 is 0.872 bits per heavy atom. The zero-order valence-electron chi connectivity index (χ0n) is 22.5. The second-order valence-electron chi connectivity index (χ2n) is 12.0. The van der Waals surface area contributed by atoms with Gasteiger partial charge in [0.1, 0.15) is 0 Å². The molecule has 0 radical (unpaired) electrons. The smallest absolute Gasteiger partial charge is 0.416 e. The highest BCUT2D eigenvalue weighted by molar-refractivity contribution is 5.95. The Hall–Kier alpha value is -3.48. The number of rotatable bonds is 6. The number of aryl methyl sites for hydroxylation is 1. The van der Waals surface area contributed by atoms with Gasteiger partial charge in [0.05, 0.1) is 16.8 Å². The molecule has 7 heteroatoms. The minimum absolute atomic E-state index is 0.00712. The van der Waals surface area contributed by atoms with Gasteiger partial charge < -0.3 is 15.7 Å². The van der Waals surface area contributed by atoms with Gasteiger partial charge in [-0.1, -0.05) is 37.6 Å². The molecule has 2 fully saturated rings. The highest BCUT2D eigenvalue weighted by Gasteiger charge is 2.41. The van der Waals surface area contributed by atoms with Gasteiger partial charge >= 0.3 is 12.1 Å². The van der Waals surface area contributed by atoms with Crippen LogP contribution in [0.3, 0.4) is 0 Å². The quantitative estimate of drug-likeness (QED) is 0.294. The van der Waals surface area contributed by atoms with E-state index < -0.39 is 17.7 Å². The predicted octanol–water partition coefficient (Wildman–Crippen LogP) is 9.30. The van der Waals surface area contributed by atoms with E-state index in [0.717, 1.165) is 35.4 Å². The molecule has 0 aliphatic heterocycles. The minimum Gasteiger partial charge on any atom is -0.478 e. The molecule has 2 saturated carbocycles. The van der Waals surface area contributed by atoms with Crippen LogP contribution in [0, 0.1) is 24.7 Å². The molecule has 0 spiro atoms. The van der Waals surface area contributed by atoms with Crippen molar-refractivity contribution in [3.63, 3.8) is 0 Å². The number of hydrogen-bond acceptors (Lipinski definition) is 3. The van der Waals surface area contributed by atoms with Crippen molar-refractivity contribution in [2.45, 2.75) is 64.5 Å². The van der Waals surface area contributed by atoms with Crippen LogP contribution in [0.5, 0.6) is 0 Å². The van der Waals surface area contributed by atoms with Gasteiger partial charge in [0.15, 0.2) is 0 Å². The minimum atomic E-state index is -4.56. The van der Waals surface area contributed by atoms with E-state index >= 15 is 0 Å². The average Bonchev–Trinajstić information content (AvgIpc) is 2.84. The lowest BCUT2D eigenvalue weighted by atomic mass is 9.57. The van der Waals surface area contributed by atoms with Crippen LogP contribution in [0.15, 0.2) is 60.7 Å². The zero-order chi connectivity index (χ0) is 27.9. The lowest BCUT2D eigenvalue weighted by Gasteiger charge is -2.47. The van der Waals surface area contributed by atoms with E-state index in [-0.39, 0.29) is 28.0 Å². The summed E-state index contributed by atoms with van der Waals surface area (Å²) in [7, 11) is 0. The third-order valence-corrected chi connectivity index (χ3v) is 8.43. The molecule has 5 rings (SSSR count). The maximum atomic E-state index is 13.8. The Balaban J connectivity index is 1.39. The van der Waals surface area contributed by atoms with E-state index in [9.17, 15) is 23.1 Å². The van der Waals surface area contributed by atoms with Crippen molar-refractivity contribution in [3.8, 4) is 0 Å². The summed E-state index contributed by atoms with van der Waals surface area (Å²) >= 11 is 0. The van der Waals surface area contributed by atoms with E-state index in [1.165, 1.54) is 43.7 Å². The molecule has 206 valence electrons. The maximum Gasteiger partial charge on any atom is 0.416 e. The molecular weight excluding hydrogens is 501 g/mol. The van der Waals surface area contributed by atoms with Gasteiger partial charge in [0, 0.05) is 17.1 Å². The van der Waals surface area contributed by atoms with Crippen molar-refractivity contribution >= 4 is 28.7 Å². The number of carboxylic acid groups (broad SMARTS) is 1. The summed E-state index contributed by atoms with van der Waals surface area (Å²) in [6.45, 7) is 6.48. The number of benzene rings is 3. The molecule has 2 aliphatic carbocycles. The van der Waals surface area contributed by atoms with Crippen molar-refractivity contribution in [2.75, 3.05) is 10.6 Å². The highest BCUT2D eigenvalue weighted by Crippen LogP contribution is 2.51. The summed E-state index contributed by atoms with van der Waals surface area (Å²) in [5, 5.41) is 15.6. The fraction of sp³-hybridized carbons (Fsp3) is 0.406. The van der Waals surface area contributed by atoms with E-state index in [2.05, 4.69) is 36.6 Å². The second-order valence-corrected chi connectivity index (χ2v) is 12.0. The van der Waals surface area contributed by atoms with Crippen LogP contribution >= 0.6 is 0 Å². The van der Waals surface area contributed by atoms with Crippen LogP contribution < -0.4 is 10.6 Å². The molecule has 0 saturated heterocycles. The fourth-order valence-electron chi connectivity index (χ4n) is 6.98. The standard InChI is InChI=1S/C32H35F3N2O2/c1-19-4-9-29(28(12-19)30(38)39)37-27-15-24(32(33,34)35)14-26(16-27)36-25-7-5-23(6-8-25)31(3)17-21-10-20(2)11-22(13-21)18-31/h4-9,12,14-16,20-22,36-37H,10-11,13,17-18H2,1-3H3,(H,38,39). The maximum absolute atomic E-state index is 13.8. The summed E-state index contributed by atoms with van der Waals surface area (Å²) in [5.41, 5.74) is 2.63. The Labute approximate surface area is 227 Å². The van der Waals surface area contributed by atoms with Gasteiger partial charge in [-0.25, -0.2) is 4.79 Å². The number of aromatic carboxylic acids is 1. The first-order chi connectivity index (χ1) is 18.4. The Kier molecular flexibility index (Phi) is 7.12. The van der Waals surface area contributed by atoms with Crippen LogP contribution in [0.25, 0.3) is 0 Å². The highest BCUT2D eigenvalue weighted by atomic mass is 19.4. The summed E-state index contributed by atoms with van der Waals surface area (Å²) in [4.78, 5) is 11.7. The van der Waals surface area contributed by atoms with Crippen molar-refractivity contribution < 1.29 is 23.1 Å². The van der Waals surface area contributed by atoms with Gasteiger partial charge in [-0.2, -0.15) is 13.2 Å². The van der Waals surface area contributed by atoms with Gasteiger partial charge in [-0.15, -0.1) is 0 Å². The number of fused-ring (bicyclic) bond motifs is 2. The first-order valence-corrected chi connectivity index (χ1v) is 13.6. The molecule has 3 N–H and O–H groups in total. The molecule has 2 atom stereocenters. The normalized spacial score (nSPS) is 24.7. The molecule has 3 aromatic rings. The van der Waals surface area contributed by atoms with Crippen LogP contribution in [-0.4, -0.2) is 11.1 Å². The Morgan fingerprint density at radius 3 is 2.08 bits per heavy atom. The van der Waals surface area contributed by atoms with Crippen molar-refractivity contribution in [2.24, 2.45) is 17.8 Å². The first-order valence-electron chi connectivity index (χ1n) is 13.6. The van der Waals surface area contributed by atoms with E-state index in [1.807, 2.05) is 12.1 Å². The van der Waals surface area contributed by atoms with Crippen molar-refractivity contribution in [3.05, 3.63) is 82.9 Å². The van der Waals surface area contributed by atoms with E-state index in [0.29, 0.717) is 5.69 Å². The molecule has 2 aliphatic rings. The van der Waals surface area contributed by atoms with Crippen LogP contribution in [0.2, 0.25) is 0 Å². The van der Waals surface area contributed by atoms with E-state index in [4.69, 9.17) is 0 Å². The summed E-state index contributed by atoms with van der Waals surface area (Å²) < 4.78 is 41.3. The SMILES string of the molecule is Cc1ccc(Nc2cc(Nc3ccc(C4(C)CC5CC(C)CC(C5)C4)cc3)cc(C(F)(F)F)c2)c(C(=O)O)c1. The molecule has 2 unspecified atom stereocenters. The summed E-state index contributed by atoms with van der Waals surface area (Å²) in [6.07, 6.45) is 1.73. The van der Waals surface area contributed by atoms with Crippen LogP contribution in [0.4, 0.5) is 35.9 Å². The van der Waals surface area contributed by atoms with Crippen molar-refractivity contribution in [1.29, 1.82) is 0 Å². The third-order valence-electron chi connectivity index (χ3n) is 8.43. The van der Waals surface area contributed by atoms with E-state index in [1.54, 1.807) is 25.1 Å². The number of hydrogen-bond donors (Lipinski definition) is 3. The number of nitrogens with one attached hydrogen (secondary N) is 2. The zero-order valence-corrected chi connectivity index (χ0v) is 22.5. The molecule has 0 heterocycles. The average molecular weight is 537 g/mol. The summed E-state index contributed by atoms with van der Waals surface area (Å²) in [5.74, 6) is 1.18. The Bertz CT molecular complexity index is 1350. The number of anilines is 4. The van der Waals surface area contributed by atoms with Crippen LogP contribution in [-0.2, 0) is 11.6 Å². The van der Waals surface area contributed by atoms with Gasteiger partial charge in [0.2, 0.25) is 0 Å². The molecule has 4 nitrogen and oxygen atoms in total. The number of alkyl halides is 3. The topological polar surface area (TPSA) is 61.4 Å². The second kappa shape index (κ2) is 10.2. The van der Waals surface area contributed by atoms with Crippen LogP contribution in [0.1, 0.15) is 73.0 Å². The van der Waals surface area contributed by atoms with Crippen molar-refractivity contribution in [1.82, 2.24) is 0 Å².